The first kappa shape index (κ1) is 21.0. The number of aromatic nitrogens is 1. The zero-order valence-electron chi connectivity index (χ0n) is 17.9. The Bertz CT molecular complexity index is 981. The number of hydrogen-bond acceptors (Lipinski definition) is 4. The van der Waals surface area contributed by atoms with Gasteiger partial charge in [-0.3, -0.25) is 9.36 Å². The highest BCUT2D eigenvalue weighted by molar-refractivity contribution is 5.72. The van der Waals surface area contributed by atoms with Crippen LogP contribution < -0.4 is 15.8 Å². The summed E-state index contributed by atoms with van der Waals surface area (Å²) in [5.41, 5.74) is 2.56. The molecule has 0 fully saturated rings. The number of halogens is 1. The van der Waals surface area contributed by atoms with E-state index in [9.17, 15) is 9.18 Å². The van der Waals surface area contributed by atoms with Crippen molar-refractivity contribution in [2.24, 2.45) is 13.0 Å². The lowest BCUT2D eigenvalue weighted by atomic mass is 10.0. The van der Waals surface area contributed by atoms with Gasteiger partial charge in [0.1, 0.15) is 17.4 Å². The number of nitrogens with one attached hydrogen (secondary N) is 1. The maximum atomic E-state index is 14.4. The monoisotopic (exact) mass is 399 g/mol. The van der Waals surface area contributed by atoms with Gasteiger partial charge in [0.15, 0.2) is 0 Å². The molecule has 0 radical (unpaired) electrons. The highest BCUT2D eigenvalue weighted by Crippen LogP contribution is 2.34. The quantitative estimate of drug-likeness (QED) is 0.722. The summed E-state index contributed by atoms with van der Waals surface area (Å²) in [6.45, 7) is 6.85. The maximum absolute atomic E-state index is 14.4. The summed E-state index contributed by atoms with van der Waals surface area (Å²) >= 11 is 0. The number of anilines is 3. The van der Waals surface area contributed by atoms with E-state index in [1.54, 1.807) is 17.7 Å². The fraction of sp³-hybridized carbons (Fsp3) is 0.435. The number of ether oxygens (including phenoxy) is 1. The molecule has 1 aromatic carbocycles. The Balaban J connectivity index is 1.93. The van der Waals surface area contributed by atoms with E-state index in [0.29, 0.717) is 30.3 Å². The van der Waals surface area contributed by atoms with Crippen molar-refractivity contribution >= 4 is 17.2 Å². The molecule has 1 unspecified atom stereocenters. The van der Waals surface area contributed by atoms with Crippen molar-refractivity contribution in [2.45, 2.75) is 40.0 Å². The average Bonchev–Trinajstić information content (AvgIpc) is 2.66. The van der Waals surface area contributed by atoms with E-state index in [4.69, 9.17) is 4.74 Å². The van der Waals surface area contributed by atoms with E-state index in [-0.39, 0.29) is 11.4 Å². The Morgan fingerprint density at radius 1 is 1.24 bits per heavy atom. The van der Waals surface area contributed by atoms with Gasteiger partial charge >= 0.3 is 0 Å². The van der Waals surface area contributed by atoms with Crippen molar-refractivity contribution < 1.29 is 9.13 Å². The summed E-state index contributed by atoms with van der Waals surface area (Å²) in [6, 6.07) is 6.54. The van der Waals surface area contributed by atoms with Crippen LogP contribution in [-0.4, -0.2) is 18.2 Å². The van der Waals surface area contributed by atoms with E-state index in [2.05, 4.69) is 19.2 Å². The molecule has 1 aliphatic heterocycles. The molecule has 0 bridgehead atoms. The molecule has 0 saturated heterocycles. The lowest BCUT2D eigenvalue weighted by Gasteiger charge is -2.30. The minimum Gasteiger partial charge on any atom is -0.496 e. The topological polar surface area (TPSA) is 46.5 Å². The van der Waals surface area contributed by atoms with Gasteiger partial charge in [-0.15, -0.1) is 0 Å². The van der Waals surface area contributed by atoms with Crippen LogP contribution in [0, 0.1) is 18.7 Å². The van der Waals surface area contributed by atoms with Crippen LogP contribution in [0.5, 0.6) is 0 Å². The van der Waals surface area contributed by atoms with Gasteiger partial charge in [0.2, 0.25) is 0 Å². The van der Waals surface area contributed by atoms with Gasteiger partial charge in [-0.2, -0.15) is 0 Å². The van der Waals surface area contributed by atoms with Crippen molar-refractivity contribution in [1.29, 1.82) is 0 Å². The zero-order chi connectivity index (χ0) is 21.1. The van der Waals surface area contributed by atoms with E-state index in [1.807, 2.05) is 31.1 Å². The fourth-order valence-corrected chi connectivity index (χ4v) is 3.75. The number of fused-ring (bicyclic) bond motifs is 1. The lowest BCUT2D eigenvalue weighted by molar-refractivity contribution is 0.161. The Labute approximate surface area is 171 Å². The Hall–Kier alpha value is -2.76. The number of hydrogen-bond donors (Lipinski definition) is 1. The van der Waals surface area contributed by atoms with E-state index < -0.39 is 0 Å². The maximum Gasteiger partial charge on any atom is 0.253 e. The van der Waals surface area contributed by atoms with Crippen LogP contribution in [0.15, 0.2) is 41.0 Å². The molecule has 1 atom stereocenters. The third kappa shape index (κ3) is 4.63. The predicted molar refractivity (Wildman–Crippen MR) is 116 cm³/mol. The van der Waals surface area contributed by atoms with Crippen LogP contribution in [-0.2, 0) is 18.2 Å². The molecule has 1 aromatic heterocycles. The first-order valence-corrected chi connectivity index (χ1v) is 10.1. The summed E-state index contributed by atoms with van der Waals surface area (Å²) in [7, 11) is 3.64. The third-order valence-corrected chi connectivity index (χ3v) is 5.26. The van der Waals surface area contributed by atoms with Gasteiger partial charge < -0.3 is 15.0 Å². The normalized spacial score (nSPS) is 14.3. The largest absolute Gasteiger partial charge is 0.496 e. The molecule has 1 aliphatic rings. The van der Waals surface area contributed by atoms with Crippen LogP contribution >= 0.6 is 0 Å². The van der Waals surface area contributed by atoms with Crippen molar-refractivity contribution in [2.75, 3.05) is 23.9 Å². The van der Waals surface area contributed by atoms with Gasteiger partial charge in [-0.05, 0) is 37.0 Å². The Kier molecular flexibility index (Phi) is 6.30. The fourth-order valence-electron chi connectivity index (χ4n) is 3.75. The number of nitrogens with zero attached hydrogens (tertiary/aromatic N) is 2. The molecule has 29 heavy (non-hydrogen) atoms. The molecule has 6 heteroatoms. The molecule has 0 aliphatic carbocycles. The number of benzene rings is 1. The molecular weight excluding hydrogens is 369 g/mol. The minimum atomic E-state index is -0.344. The predicted octanol–water partition coefficient (Wildman–Crippen LogP) is 4.86. The molecule has 0 amide bonds. The van der Waals surface area contributed by atoms with Crippen molar-refractivity contribution in [3.05, 3.63) is 63.5 Å². The molecule has 156 valence electrons. The summed E-state index contributed by atoms with van der Waals surface area (Å²) in [6.07, 6.45) is 4.72. The third-order valence-electron chi connectivity index (χ3n) is 5.26. The highest BCUT2D eigenvalue weighted by atomic mass is 19.1. The van der Waals surface area contributed by atoms with Crippen LogP contribution in [0.1, 0.15) is 37.8 Å². The number of pyridine rings is 1. The lowest BCUT2D eigenvalue weighted by Crippen LogP contribution is -2.29. The molecule has 0 saturated carbocycles. The van der Waals surface area contributed by atoms with E-state index >= 15 is 0 Å². The average molecular weight is 400 g/mol. The molecule has 3 rings (SSSR count). The summed E-state index contributed by atoms with van der Waals surface area (Å²) < 4.78 is 22.1. The highest BCUT2D eigenvalue weighted by Gasteiger charge is 2.24. The Morgan fingerprint density at radius 3 is 2.69 bits per heavy atom. The van der Waals surface area contributed by atoms with E-state index in [1.165, 1.54) is 12.1 Å². The second-order valence-corrected chi connectivity index (χ2v) is 7.95. The van der Waals surface area contributed by atoms with Gasteiger partial charge in [-0.25, -0.2) is 4.39 Å². The number of allylic oxidation sites excluding steroid dienone is 1. The van der Waals surface area contributed by atoms with Gasteiger partial charge in [0.25, 0.3) is 5.56 Å². The minimum absolute atomic E-state index is 0.153. The summed E-state index contributed by atoms with van der Waals surface area (Å²) in [4.78, 5) is 14.4. The van der Waals surface area contributed by atoms with Crippen molar-refractivity contribution in [1.82, 2.24) is 4.57 Å². The zero-order valence-corrected chi connectivity index (χ0v) is 17.9. The van der Waals surface area contributed by atoms with E-state index in [0.717, 1.165) is 35.5 Å². The molecule has 2 aromatic rings. The van der Waals surface area contributed by atoms with Crippen LogP contribution in [0.25, 0.3) is 0 Å². The van der Waals surface area contributed by atoms with Gasteiger partial charge in [0, 0.05) is 38.3 Å². The first-order chi connectivity index (χ1) is 13.8. The van der Waals surface area contributed by atoms with Crippen LogP contribution in [0.2, 0.25) is 0 Å². The van der Waals surface area contributed by atoms with Gasteiger partial charge in [-0.1, -0.05) is 26.3 Å². The smallest absolute Gasteiger partial charge is 0.253 e. The summed E-state index contributed by atoms with van der Waals surface area (Å²) in [5.74, 6) is 1.76. The number of rotatable bonds is 7. The van der Waals surface area contributed by atoms with Crippen molar-refractivity contribution in [3.8, 4) is 0 Å². The number of aryl methyl sites for hydroxylation is 1. The van der Waals surface area contributed by atoms with Crippen LogP contribution in [0.4, 0.5) is 21.6 Å². The molecule has 1 N–H and O–H groups in total. The standard InChI is InChI=1S/C23H30FN3O2/c1-6-7-16(3)14-29-17-11-18-21(25-20-9-8-15(2)10-19(20)24)12-22(28)27(5)23(18)26(4)13-17/h8-10,12-13,16,25H,6-7,11,14H2,1-5H3. The summed E-state index contributed by atoms with van der Waals surface area (Å²) in [5, 5.41) is 3.12. The molecule has 5 nitrogen and oxygen atoms in total. The van der Waals surface area contributed by atoms with Crippen molar-refractivity contribution in [3.63, 3.8) is 0 Å². The SMILES string of the molecule is CCCC(C)COC1=CN(C)c2c(c(Nc3ccc(C)cc3F)cc(=O)n2C)C1. The second-order valence-electron chi connectivity index (χ2n) is 7.95. The molecule has 0 spiro atoms. The van der Waals surface area contributed by atoms with Gasteiger partial charge in [0.05, 0.1) is 18.0 Å². The Morgan fingerprint density at radius 2 is 2.00 bits per heavy atom. The molecule has 2 heterocycles. The first-order valence-electron chi connectivity index (χ1n) is 10.1. The van der Waals surface area contributed by atoms with Crippen LogP contribution in [0.3, 0.4) is 0 Å². The molecular formula is C23H30FN3O2. The second kappa shape index (κ2) is 8.72.